The van der Waals surface area contributed by atoms with Gasteiger partial charge >= 0.3 is 11.9 Å². The van der Waals surface area contributed by atoms with Crippen molar-refractivity contribution < 1.29 is 23.9 Å². The van der Waals surface area contributed by atoms with Gasteiger partial charge in [-0.1, -0.05) is 6.42 Å². The molecule has 0 saturated heterocycles. The lowest BCUT2D eigenvalue weighted by Crippen LogP contribution is -2.46. The average molecular weight is 214 g/mol. The highest BCUT2D eigenvalue weighted by molar-refractivity contribution is 6.10. The van der Waals surface area contributed by atoms with Gasteiger partial charge in [0.2, 0.25) is 0 Å². The normalized spacial score (nSPS) is 17.5. The van der Waals surface area contributed by atoms with Crippen LogP contribution in [0.2, 0.25) is 0 Å². The zero-order valence-electron chi connectivity index (χ0n) is 8.87. The maximum absolute atomic E-state index is 11.7. The lowest BCUT2D eigenvalue weighted by molar-refractivity contribution is -0.165. The minimum Gasteiger partial charge on any atom is -0.469 e. The molecule has 1 saturated carbocycles. The fraction of sp³-hybridized carbons (Fsp3) is 0.700. The number of esters is 2. The van der Waals surface area contributed by atoms with Gasteiger partial charge in [-0.15, -0.1) is 0 Å². The molecule has 1 rings (SSSR count). The first kappa shape index (κ1) is 11.7. The highest BCUT2D eigenvalue weighted by atomic mass is 16.5. The van der Waals surface area contributed by atoms with Crippen LogP contribution in [-0.4, -0.2) is 31.9 Å². The van der Waals surface area contributed by atoms with E-state index in [4.69, 9.17) is 0 Å². The molecule has 0 aromatic heterocycles. The average Bonchev–Trinajstić information content (AvgIpc) is 2.15. The van der Waals surface area contributed by atoms with Crippen LogP contribution in [0.1, 0.15) is 25.7 Å². The van der Waals surface area contributed by atoms with Crippen LogP contribution in [0.15, 0.2) is 0 Å². The van der Waals surface area contributed by atoms with E-state index in [9.17, 15) is 14.4 Å². The van der Waals surface area contributed by atoms with Crippen molar-refractivity contribution in [2.45, 2.75) is 25.7 Å². The predicted molar refractivity (Wildman–Crippen MR) is 49.9 cm³/mol. The maximum atomic E-state index is 11.7. The quantitative estimate of drug-likeness (QED) is 0.502. The lowest BCUT2D eigenvalue weighted by atomic mass is 9.65. The Labute approximate surface area is 87.7 Å². The first-order valence-corrected chi connectivity index (χ1v) is 4.75. The fourth-order valence-corrected chi connectivity index (χ4v) is 1.69. The number of ether oxygens (including phenoxy) is 2. The SMILES string of the molecule is COC(=O)CC(=O)C1(C(=O)OC)CCC1. The van der Waals surface area contributed by atoms with E-state index in [0.717, 1.165) is 6.42 Å². The Morgan fingerprint density at radius 1 is 1.13 bits per heavy atom. The largest absolute Gasteiger partial charge is 0.469 e. The van der Waals surface area contributed by atoms with Crippen molar-refractivity contribution >= 4 is 17.7 Å². The topological polar surface area (TPSA) is 69.7 Å². The van der Waals surface area contributed by atoms with Crippen LogP contribution in [-0.2, 0) is 23.9 Å². The molecule has 5 heteroatoms. The molecule has 0 radical (unpaired) electrons. The summed E-state index contributed by atoms with van der Waals surface area (Å²) in [6.07, 6.45) is 1.39. The molecule has 0 aliphatic heterocycles. The van der Waals surface area contributed by atoms with Crippen molar-refractivity contribution in [1.29, 1.82) is 0 Å². The number of carbonyl (C=O) groups is 3. The van der Waals surface area contributed by atoms with Crippen LogP contribution in [0, 0.1) is 5.41 Å². The Hall–Kier alpha value is -1.39. The molecular formula is C10H14O5. The van der Waals surface area contributed by atoms with E-state index in [0.29, 0.717) is 12.8 Å². The van der Waals surface area contributed by atoms with Crippen molar-refractivity contribution in [2.24, 2.45) is 5.41 Å². The van der Waals surface area contributed by atoms with Gasteiger partial charge in [0, 0.05) is 0 Å². The summed E-state index contributed by atoms with van der Waals surface area (Å²) in [4.78, 5) is 34.1. The lowest BCUT2D eigenvalue weighted by Gasteiger charge is -2.36. The van der Waals surface area contributed by atoms with Crippen molar-refractivity contribution in [2.75, 3.05) is 14.2 Å². The summed E-state index contributed by atoms with van der Waals surface area (Å²) in [6.45, 7) is 0. The third-order valence-corrected chi connectivity index (χ3v) is 2.85. The zero-order chi connectivity index (χ0) is 11.5. The number of Topliss-reactive ketones (excluding diaryl/α,β-unsaturated/α-hetero) is 1. The molecule has 0 N–H and O–H groups in total. The van der Waals surface area contributed by atoms with E-state index in [2.05, 4.69) is 9.47 Å². The Balaban J connectivity index is 2.70. The van der Waals surface area contributed by atoms with Gasteiger partial charge in [0.25, 0.3) is 0 Å². The summed E-state index contributed by atoms with van der Waals surface area (Å²) in [5.41, 5.74) is -1.08. The molecule has 0 aromatic rings. The standard InChI is InChI=1S/C10H14O5/c1-14-8(12)6-7(11)10(4-3-5-10)9(13)15-2/h3-6H2,1-2H3. The molecule has 5 nitrogen and oxygen atoms in total. The van der Waals surface area contributed by atoms with Crippen molar-refractivity contribution in [3.05, 3.63) is 0 Å². The second-order valence-electron chi connectivity index (χ2n) is 3.60. The highest BCUT2D eigenvalue weighted by Crippen LogP contribution is 2.43. The van der Waals surface area contributed by atoms with Gasteiger partial charge in [-0.3, -0.25) is 14.4 Å². The number of hydrogen-bond acceptors (Lipinski definition) is 5. The van der Waals surface area contributed by atoms with Gasteiger partial charge in [0.1, 0.15) is 11.8 Å². The molecule has 0 bridgehead atoms. The fourth-order valence-electron chi connectivity index (χ4n) is 1.69. The van der Waals surface area contributed by atoms with Crippen LogP contribution in [0.4, 0.5) is 0 Å². The first-order chi connectivity index (χ1) is 7.06. The van der Waals surface area contributed by atoms with Crippen LogP contribution >= 0.6 is 0 Å². The van der Waals surface area contributed by atoms with Crippen molar-refractivity contribution in [3.63, 3.8) is 0 Å². The molecule has 15 heavy (non-hydrogen) atoms. The minimum absolute atomic E-state index is 0.356. The molecule has 1 aliphatic carbocycles. The Bertz CT molecular complexity index is 290. The number of carbonyl (C=O) groups excluding carboxylic acids is 3. The Morgan fingerprint density at radius 3 is 2.07 bits per heavy atom. The summed E-state index contributed by atoms with van der Waals surface area (Å²) in [7, 11) is 2.45. The van der Waals surface area contributed by atoms with E-state index >= 15 is 0 Å². The Kier molecular flexibility index (Phi) is 3.44. The van der Waals surface area contributed by atoms with Crippen LogP contribution < -0.4 is 0 Å². The molecule has 0 atom stereocenters. The minimum atomic E-state index is -1.08. The molecule has 0 spiro atoms. The molecule has 84 valence electrons. The van der Waals surface area contributed by atoms with Crippen LogP contribution in [0.3, 0.4) is 0 Å². The van der Waals surface area contributed by atoms with Crippen LogP contribution in [0.5, 0.6) is 0 Å². The summed E-state index contributed by atoms with van der Waals surface area (Å²) < 4.78 is 8.97. The maximum Gasteiger partial charge on any atom is 0.319 e. The number of ketones is 1. The predicted octanol–water partition coefficient (Wildman–Crippen LogP) is 0.462. The van der Waals surface area contributed by atoms with E-state index in [1.807, 2.05) is 0 Å². The van der Waals surface area contributed by atoms with E-state index in [1.54, 1.807) is 0 Å². The summed E-state index contributed by atoms with van der Waals surface area (Å²) in [5.74, 6) is -1.55. The summed E-state index contributed by atoms with van der Waals surface area (Å²) in [5, 5.41) is 0. The molecule has 0 amide bonds. The van der Waals surface area contributed by atoms with Gasteiger partial charge < -0.3 is 9.47 Å². The molecule has 0 aromatic carbocycles. The van der Waals surface area contributed by atoms with Crippen molar-refractivity contribution in [3.8, 4) is 0 Å². The first-order valence-electron chi connectivity index (χ1n) is 4.75. The number of hydrogen-bond donors (Lipinski definition) is 0. The number of methoxy groups -OCH3 is 2. The van der Waals surface area contributed by atoms with E-state index in [-0.39, 0.29) is 6.42 Å². The van der Waals surface area contributed by atoms with Gasteiger partial charge in [0.05, 0.1) is 14.2 Å². The van der Waals surface area contributed by atoms with Gasteiger partial charge in [-0.05, 0) is 12.8 Å². The summed E-state index contributed by atoms with van der Waals surface area (Å²) >= 11 is 0. The second kappa shape index (κ2) is 4.42. The van der Waals surface area contributed by atoms with Gasteiger partial charge in [-0.25, -0.2) is 0 Å². The third kappa shape index (κ3) is 2.00. The van der Waals surface area contributed by atoms with Gasteiger partial charge in [0.15, 0.2) is 5.78 Å². The van der Waals surface area contributed by atoms with Crippen LogP contribution in [0.25, 0.3) is 0 Å². The zero-order valence-corrected chi connectivity index (χ0v) is 8.87. The molecular weight excluding hydrogens is 200 g/mol. The molecule has 0 unspecified atom stereocenters. The summed E-state index contributed by atoms with van der Waals surface area (Å²) in [6, 6.07) is 0. The molecule has 0 heterocycles. The van der Waals surface area contributed by atoms with E-state index in [1.165, 1.54) is 14.2 Å². The van der Waals surface area contributed by atoms with Gasteiger partial charge in [-0.2, -0.15) is 0 Å². The molecule has 1 aliphatic rings. The smallest absolute Gasteiger partial charge is 0.319 e. The number of rotatable bonds is 4. The monoisotopic (exact) mass is 214 g/mol. The third-order valence-electron chi connectivity index (χ3n) is 2.85. The van der Waals surface area contributed by atoms with Crippen molar-refractivity contribution in [1.82, 2.24) is 0 Å². The second-order valence-corrected chi connectivity index (χ2v) is 3.60. The Morgan fingerprint density at radius 2 is 1.73 bits per heavy atom. The highest BCUT2D eigenvalue weighted by Gasteiger charge is 2.51. The van der Waals surface area contributed by atoms with E-state index < -0.39 is 23.1 Å². The molecule has 1 fully saturated rings.